The van der Waals surface area contributed by atoms with E-state index in [0.29, 0.717) is 0 Å². The highest BCUT2D eigenvalue weighted by Crippen LogP contribution is 2.44. The number of unbranched alkanes of at least 4 members (excludes halogenated alkanes) is 5. The number of hydrogen-bond donors (Lipinski definition) is 0. The Morgan fingerprint density at radius 1 is 0.475 bits per heavy atom. The molecule has 9 aromatic rings. The zero-order valence-electron chi connectivity index (χ0n) is 35.1. The van der Waals surface area contributed by atoms with Crippen LogP contribution in [0.25, 0.3) is 86.7 Å². The van der Waals surface area contributed by atoms with Gasteiger partial charge in [0.2, 0.25) is 0 Å². The van der Waals surface area contributed by atoms with Crippen LogP contribution in [0.2, 0.25) is 0 Å². The Balaban J connectivity index is 1.17. The molecular weight excluding hydrogens is 755 g/mol. The fraction of sp³-hybridized carbons (Fsp3) is 0.259. The van der Waals surface area contributed by atoms with E-state index in [-0.39, 0.29) is 0 Å². The largest absolute Gasteiger partial charge is 0.340 e. The molecule has 296 valence electrons. The molecule has 0 aliphatic rings. The minimum Gasteiger partial charge on any atom is -0.340 e. The third-order valence-corrected chi connectivity index (χ3v) is 14.2. The van der Waals surface area contributed by atoms with Crippen molar-refractivity contribution in [2.75, 3.05) is 0 Å². The van der Waals surface area contributed by atoms with Gasteiger partial charge in [-0.05, 0) is 91.8 Å². The van der Waals surface area contributed by atoms with Crippen LogP contribution in [-0.4, -0.2) is 14.5 Å². The maximum absolute atomic E-state index is 5.65. The summed E-state index contributed by atoms with van der Waals surface area (Å²) in [6.45, 7) is 12.1. The predicted octanol–water partition coefficient (Wildman–Crippen LogP) is 16.3. The van der Waals surface area contributed by atoms with Crippen LogP contribution in [-0.2, 0) is 19.4 Å². The summed E-state index contributed by atoms with van der Waals surface area (Å²) in [5, 5.41) is 2.69. The van der Waals surface area contributed by atoms with Crippen LogP contribution in [0.1, 0.15) is 80.9 Å². The van der Waals surface area contributed by atoms with Crippen LogP contribution < -0.4 is 0 Å². The third kappa shape index (κ3) is 7.79. The number of benzene rings is 5. The first kappa shape index (κ1) is 39.1. The molecule has 9 rings (SSSR count). The van der Waals surface area contributed by atoms with Gasteiger partial charge in [0.1, 0.15) is 0 Å². The van der Waals surface area contributed by atoms with Crippen LogP contribution in [0.5, 0.6) is 0 Å². The van der Waals surface area contributed by atoms with Crippen LogP contribution in [0, 0.1) is 13.8 Å². The molecule has 0 amide bonds. The van der Waals surface area contributed by atoms with Gasteiger partial charge in [-0.15, -0.1) is 22.7 Å². The summed E-state index contributed by atoms with van der Waals surface area (Å²) in [7, 11) is 0. The van der Waals surface area contributed by atoms with Crippen molar-refractivity contribution in [3.8, 4) is 53.8 Å². The van der Waals surface area contributed by atoms with Gasteiger partial charge in [-0.1, -0.05) is 138 Å². The number of aryl methyl sites for hydroxylation is 5. The molecule has 0 saturated carbocycles. The molecule has 0 bridgehead atoms. The number of fused-ring (bicyclic) bond motifs is 4. The molecule has 4 heterocycles. The van der Waals surface area contributed by atoms with E-state index < -0.39 is 0 Å². The number of thiophene rings is 2. The first-order chi connectivity index (χ1) is 28.9. The third-order valence-electron chi connectivity index (χ3n) is 12.0. The van der Waals surface area contributed by atoms with E-state index in [0.717, 1.165) is 64.1 Å². The van der Waals surface area contributed by atoms with Crippen molar-refractivity contribution in [3.05, 3.63) is 143 Å². The Hall–Kier alpha value is -5.36. The van der Waals surface area contributed by atoms with Crippen molar-refractivity contribution in [3.63, 3.8) is 0 Å². The van der Waals surface area contributed by atoms with Gasteiger partial charge in [0.15, 0.2) is 0 Å². The van der Waals surface area contributed by atoms with Gasteiger partial charge in [-0.2, -0.15) is 0 Å². The number of aromatic nitrogens is 3. The molecule has 0 saturated heterocycles. The molecule has 0 atom stereocenters. The zero-order valence-corrected chi connectivity index (χ0v) is 36.7. The molecular formula is C54H53N3S2. The van der Waals surface area contributed by atoms with E-state index in [1.165, 1.54) is 102 Å². The van der Waals surface area contributed by atoms with Gasteiger partial charge in [0.05, 0.1) is 22.4 Å². The van der Waals surface area contributed by atoms with Crippen LogP contribution in [0.4, 0.5) is 0 Å². The van der Waals surface area contributed by atoms with Gasteiger partial charge in [-0.25, -0.2) is 9.97 Å². The normalized spacial score (nSPS) is 11.7. The van der Waals surface area contributed by atoms with Crippen molar-refractivity contribution in [1.82, 2.24) is 14.5 Å². The fourth-order valence-corrected chi connectivity index (χ4v) is 10.5. The summed E-state index contributed by atoms with van der Waals surface area (Å²) in [5.41, 5.74) is 16.0. The molecule has 0 aliphatic heterocycles. The Morgan fingerprint density at radius 2 is 1.00 bits per heavy atom. The lowest BCUT2D eigenvalue weighted by atomic mass is 9.99. The number of nitrogens with zero attached hydrogens (tertiary/aromatic N) is 3. The second-order valence-electron chi connectivity index (χ2n) is 16.1. The average Bonchev–Trinajstić information content (AvgIpc) is 4.01. The lowest BCUT2D eigenvalue weighted by Gasteiger charge is -2.15. The highest BCUT2D eigenvalue weighted by atomic mass is 32.1. The zero-order chi connectivity index (χ0) is 40.5. The second-order valence-corrected chi connectivity index (χ2v) is 18.5. The molecule has 59 heavy (non-hydrogen) atoms. The van der Waals surface area contributed by atoms with E-state index in [1.54, 1.807) is 0 Å². The number of rotatable bonds is 14. The van der Waals surface area contributed by atoms with Crippen LogP contribution in [0.3, 0.4) is 0 Å². The van der Waals surface area contributed by atoms with E-state index >= 15 is 0 Å². The van der Waals surface area contributed by atoms with Gasteiger partial charge < -0.3 is 4.57 Å². The Morgan fingerprint density at radius 3 is 1.59 bits per heavy atom. The molecule has 0 N–H and O–H groups in total. The standard InChI is InChI=1S/C54H53N3S2/c1-6-9-10-11-12-13-32-57-46-33-35(4)14-25-42(46)43-26-24-41(34-47(43)57)48-30-31-50(59-48)45-28-27-44(49-29-15-36(5)58-49)53-54(45)56-52(40-22-18-38(8-3)19-23-40)51(55-53)39-20-16-37(7-2)17-21-39/h14-31,33-34H,6-13,32H2,1-5H3. The van der Waals surface area contributed by atoms with Crippen LogP contribution >= 0.6 is 22.7 Å². The Kier molecular flexibility index (Phi) is 11.3. The van der Waals surface area contributed by atoms with Gasteiger partial charge in [0.25, 0.3) is 0 Å². The lowest BCUT2D eigenvalue weighted by molar-refractivity contribution is 0.571. The van der Waals surface area contributed by atoms with Crippen molar-refractivity contribution < 1.29 is 0 Å². The Labute approximate surface area is 357 Å². The molecule has 3 nitrogen and oxygen atoms in total. The SMILES string of the molecule is CCCCCCCCn1c2cc(C)ccc2c2ccc(-c3ccc(-c4ccc(-c5ccc(C)s5)c5nc(-c6ccc(CC)cc6)c(-c6ccc(CC)cc6)nc45)s3)cc21. The predicted molar refractivity (Wildman–Crippen MR) is 257 cm³/mol. The first-order valence-electron chi connectivity index (χ1n) is 21.7. The van der Waals surface area contributed by atoms with E-state index in [4.69, 9.17) is 9.97 Å². The number of hydrogen-bond acceptors (Lipinski definition) is 4. The summed E-state index contributed by atoms with van der Waals surface area (Å²) in [6, 6.07) is 45.4. The Bertz CT molecular complexity index is 2910. The highest BCUT2D eigenvalue weighted by molar-refractivity contribution is 7.19. The molecule has 5 aromatic carbocycles. The van der Waals surface area contributed by atoms with Gasteiger partial charge in [0, 0.05) is 70.1 Å². The monoisotopic (exact) mass is 807 g/mol. The molecule has 4 aromatic heterocycles. The summed E-state index contributed by atoms with van der Waals surface area (Å²) in [4.78, 5) is 16.2. The summed E-state index contributed by atoms with van der Waals surface area (Å²) in [5.74, 6) is 0. The minimum atomic E-state index is 0.917. The summed E-state index contributed by atoms with van der Waals surface area (Å²) in [6.07, 6.45) is 9.76. The molecule has 5 heteroatoms. The van der Waals surface area contributed by atoms with E-state index in [2.05, 4.69) is 161 Å². The lowest BCUT2D eigenvalue weighted by Crippen LogP contribution is -1.98. The van der Waals surface area contributed by atoms with Crippen molar-refractivity contribution in [2.45, 2.75) is 92.5 Å². The van der Waals surface area contributed by atoms with E-state index in [1.807, 2.05) is 22.7 Å². The fourth-order valence-electron chi connectivity index (χ4n) is 8.60. The molecule has 0 fully saturated rings. The molecule has 0 radical (unpaired) electrons. The maximum atomic E-state index is 5.65. The summed E-state index contributed by atoms with van der Waals surface area (Å²) >= 11 is 3.67. The molecule has 0 aliphatic carbocycles. The topological polar surface area (TPSA) is 30.7 Å². The quantitative estimate of drug-likeness (QED) is 0.102. The molecule has 0 unspecified atom stereocenters. The minimum absolute atomic E-state index is 0.917. The van der Waals surface area contributed by atoms with Crippen molar-refractivity contribution in [1.29, 1.82) is 0 Å². The smallest absolute Gasteiger partial charge is 0.0988 e. The maximum Gasteiger partial charge on any atom is 0.0988 e. The first-order valence-corrected chi connectivity index (χ1v) is 23.3. The highest BCUT2D eigenvalue weighted by Gasteiger charge is 2.21. The molecule has 0 spiro atoms. The van der Waals surface area contributed by atoms with Gasteiger partial charge in [-0.3, -0.25) is 0 Å². The second kappa shape index (κ2) is 17.1. The summed E-state index contributed by atoms with van der Waals surface area (Å²) < 4.78 is 2.59. The van der Waals surface area contributed by atoms with Crippen LogP contribution in [0.15, 0.2) is 121 Å². The van der Waals surface area contributed by atoms with Crippen molar-refractivity contribution in [2.24, 2.45) is 0 Å². The van der Waals surface area contributed by atoms with Gasteiger partial charge >= 0.3 is 0 Å². The van der Waals surface area contributed by atoms with E-state index in [9.17, 15) is 0 Å². The van der Waals surface area contributed by atoms with Crippen molar-refractivity contribution >= 4 is 55.5 Å². The average molecular weight is 808 g/mol.